The molecule has 0 aliphatic carbocycles. The molecule has 0 heterocycles. The van der Waals surface area contributed by atoms with Crippen LogP contribution in [-0.4, -0.2) is 5.78 Å². The van der Waals surface area contributed by atoms with E-state index in [0.717, 1.165) is 5.56 Å². The predicted molar refractivity (Wildman–Crippen MR) is 88.8 cm³/mol. The summed E-state index contributed by atoms with van der Waals surface area (Å²) >= 11 is 0. The van der Waals surface area contributed by atoms with Gasteiger partial charge in [0.15, 0.2) is 5.78 Å². The quantitative estimate of drug-likeness (QED) is 0.617. The second-order valence-corrected chi connectivity index (χ2v) is 5.58. The Morgan fingerprint density at radius 2 is 1.82 bits per heavy atom. The third-order valence-electron chi connectivity index (χ3n) is 3.54. The number of ketones is 1. The van der Waals surface area contributed by atoms with Gasteiger partial charge in [-0.05, 0) is 36.1 Å². The van der Waals surface area contributed by atoms with E-state index in [1.165, 1.54) is 23.8 Å². The molecule has 0 saturated heterocycles. The number of allylic oxidation sites excluding steroid dienone is 1. The zero-order valence-corrected chi connectivity index (χ0v) is 13.1. The van der Waals surface area contributed by atoms with Crippen molar-refractivity contribution < 1.29 is 9.18 Å². The average molecular weight is 297 g/mol. The third-order valence-corrected chi connectivity index (χ3v) is 3.54. The zero-order valence-electron chi connectivity index (χ0n) is 13.1. The van der Waals surface area contributed by atoms with Gasteiger partial charge in [0.25, 0.3) is 0 Å². The van der Waals surface area contributed by atoms with Gasteiger partial charge in [0, 0.05) is 23.5 Å². The number of carbonyl (C=O) groups is 1. The standard InChI is InChI=1S/C19H20FNO/c1-13(2)15-5-7-16(8-6-15)19(22)10-11-21-18-12-17(20)9-4-14(18)3/h4-13,21H,1-3H3. The van der Waals surface area contributed by atoms with Crippen LogP contribution in [0.15, 0.2) is 54.7 Å². The van der Waals surface area contributed by atoms with Gasteiger partial charge in [-0.15, -0.1) is 0 Å². The Balaban J connectivity index is 2.03. The second kappa shape index (κ2) is 7.03. The molecule has 0 unspecified atom stereocenters. The summed E-state index contributed by atoms with van der Waals surface area (Å²) in [6.45, 7) is 6.10. The van der Waals surface area contributed by atoms with Gasteiger partial charge in [-0.25, -0.2) is 4.39 Å². The number of halogens is 1. The van der Waals surface area contributed by atoms with Crippen LogP contribution in [0.4, 0.5) is 10.1 Å². The Kier molecular flexibility index (Phi) is 5.10. The highest BCUT2D eigenvalue weighted by atomic mass is 19.1. The van der Waals surface area contributed by atoms with Gasteiger partial charge >= 0.3 is 0 Å². The van der Waals surface area contributed by atoms with Gasteiger partial charge in [-0.1, -0.05) is 44.2 Å². The predicted octanol–water partition coefficient (Wildman–Crippen LogP) is 5.07. The first-order chi connectivity index (χ1) is 10.5. The van der Waals surface area contributed by atoms with Crippen LogP contribution in [0.1, 0.15) is 41.3 Å². The Morgan fingerprint density at radius 1 is 1.14 bits per heavy atom. The van der Waals surface area contributed by atoms with Gasteiger partial charge in [0.05, 0.1) is 0 Å². The normalized spacial score (nSPS) is 11.1. The van der Waals surface area contributed by atoms with Crippen molar-refractivity contribution in [1.29, 1.82) is 0 Å². The first-order valence-corrected chi connectivity index (χ1v) is 7.31. The summed E-state index contributed by atoms with van der Waals surface area (Å²) in [5.41, 5.74) is 3.41. The molecule has 2 aromatic rings. The zero-order chi connectivity index (χ0) is 16.1. The SMILES string of the molecule is Cc1ccc(F)cc1NC=CC(=O)c1ccc(C(C)C)cc1. The molecule has 114 valence electrons. The molecular formula is C19H20FNO. The number of hydrogen-bond donors (Lipinski definition) is 1. The van der Waals surface area contributed by atoms with Crippen molar-refractivity contribution in [1.82, 2.24) is 0 Å². The molecule has 2 aromatic carbocycles. The van der Waals surface area contributed by atoms with E-state index in [9.17, 15) is 9.18 Å². The molecule has 0 spiro atoms. The van der Waals surface area contributed by atoms with Gasteiger partial charge < -0.3 is 5.32 Å². The molecule has 0 amide bonds. The van der Waals surface area contributed by atoms with Crippen LogP contribution in [0.3, 0.4) is 0 Å². The third kappa shape index (κ3) is 4.04. The number of benzene rings is 2. The molecule has 0 saturated carbocycles. The van der Waals surface area contributed by atoms with E-state index < -0.39 is 0 Å². The minimum Gasteiger partial charge on any atom is -0.361 e. The number of aryl methyl sites for hydroxylation is 1. The molecule has 22 heavy (non-hydrogen) atoms. The van der Waals surface area contributed by atoms with E-state index in [4.69, 9.17) is 0 Å². The lowest BCUT2D eigenvalue weighted by Crippen LogP contribution is -1.98. The summed E-state index contributed by atoms with van der Waals surface area (Å²) in [5.74, 6) is 0.0475. The van der Waals surface area contributed by atoms with Gasteiger partial charge in [0.2, 0.25) is 0 Å². The first kappa shape index (κ1) is 16.0. The largest absolute Gasteiger partial charge is 0.361 e. The lowest BCUT2D eigenvalue weighted by Gasteiger charge is -2.06. The number of hydrogen-bond acceptors (Lipinski definition) is 2. The molecule has 0 aliphatic rings. The summed E-state index contributed by atoms with van der Waals surface area (Å²) in [6, 6.07) is 12.1. The van der Waals surface area contributed by atoms with E-state index in [-0.39, 0.29) is 11.6 Å². The van der Waals surface area contributed by atoms with E-state index in [0.29, 0.717) is 17.2 Å². The maximum atomic E-state index is 13.2. The molecule has 0 fully saturated rings. The van der Waals surface area contributed by atoms with Crippen LogP contribution in [-0.2, 0) is 0 Å². The fourth-order valence-electron chi connectivity index (χ4n) is 2.09. The lowest BCUT2D eigenvalue weighted by molar-refractivity contribution is 0.104. The second-order valence-electron chi connectivity index (χ2n) is 5.58. The van der Waals surface area contributed by atoms with Crippen LogP contribution >= 0.6 is 0 Å². The molecule has 0 aliphatic heterocycles. The number of carbonyl (C=O) groups excluding carboxylic acids is 1. The first-order valence-electron chi connectivity index (χ1n) is 7.31. The smallest absolute Gasteiger partial charge is 0.187 e. The van der Waals surface area contributed by atoms with Crippen LogP contribution in [0.2, 0.25) is 0 Å². The van der Waals surface area contributed by atoms with Crippen LogP contribution in [0, 0.1) is 12.7 Å². The fraction of sp³-hybridized carbons (Fsp3) is 0.211. The maximum absolute atomic E-state index is 13.2. The average Bonchev–Trinajstić information content (AvgIpc) is 2.50. The van der Waals surface area contributed by atoms with Crippen molar-refractivity contribution in [3.8, 4) is 0 Å². The topological polar surface area (TPSA) is 29.1 Å². The van der Waals surface area contributed by atoms with Crippen LogP contribution < -0.4 is 5.32 Å². The molecule has 0 bridgehead atoms. The highest BCUT2D eigenvalue weighted by molar-refractivity contribution is 6.04. The number of anilines is 1. The molecule has 1 N–H and O–H groups in total. The molecule has 0 aromatic heterocycles. The Morgan fingerprint density at radius 3 is 2.45 bits per heavy atom. The molecule has 3 heteroatoms. The van der Waals surface area contributed by atoms with Gasteiger partial charge in [-0.2, -0.15) is 0 Å². The minimum atomic E-state index is -0.308. The summed E-state index contributed by atoms with van der Waals surface area (Å²) in [6.07, 6.45) is 3.00. The summed E-state index contributed by atoms with van der Waals surface area (Å²) in [7, 11) is 0. The molecule has 0 atom stereocenters. The lowest BCUT2D eigenvalue weighted by atomic mass is 10.0. The minimum absolute atomic E-state index is 0.0862. The monoisotopic (exact) mass is 297 g/mol. The van der Waals surface area contributed by atoms with Crippen molar-refractivity contribution in [3.05, 3.63) is 77.2 Å². The fourth-order valence-corrected chi connectivity index (χ4v) is 2.09. The molecule has 0 radical (unpaired) electrons. The van der Waals surface area contributed by atoms with Crippen molar-refractivity contribution >= 4 is 11.5 Å². The van der Waals surface area contributed by atoms with E-state index >= 15 is 0 Å². The van der Waals surface area contributed by atoms with Crippen molar-refractivity contribution in [2.75, 3.05) is 5.32 Å². The molecule has 2 nitrogen and oxygen atoms in total. The van der Waals surface area contributed by atoms with Crippen LogP contribution in [0.5, 0.6) is 0 Å². The summed E-state index contributed by atoms with van der Waals surface area (Å²) in [5, 5.41) is 2.94. The van der Waals surface area contributed by atoms with Crippen LogP contribution in [0.25, 0.3) is 0 Å². The van der Waals surface area contributed by atoms with Crippen molar-refractivity contribution in [2.24, 2.45) is 0 Å². The highest BCUT2D eigenvalue weighted by Crippen LogP contribution is 2.17. The molecular weight excluding hydrogens is 277 g/mol. The summed E-state index contributed by atoms with van der Waals surface area (Å²) < 4.78 is 13.2. The Bertz CT molecular complexity index is 687. The van der Waals surface area contributed by atoms with E-state index in [1.54, 1.807) is 12.3 Å². The Labute approximate surface area is 130 Å². The maximum Gasteiger partial charge on any atom is 0.187 e. The van der Waals surface area contributed by atoms with E-state index in [1.807, 2.05) is 31.2 Å². The van der Waals surface area contributed by atoms with Gasteiger partial charge in [0.1, 0.15) is 5.82 Å². The number of nitrogens with one attached hydrogen (secondary N) is 1. The van der Waals surface area contributed by atoms with Crippen molar-refractivity contribution in [3.63, 3.8) is 0 Å². The Hall–Kier alpha value is -2.42. The van der Waals surface area contributed by atoms with Gasteiger partial charge in [-0.3, -0.25) is 4.79 Å². The molecule has 2 rings (SSSR count). The van der Waals surface area contributed by atoms with Crippen molar-refractivity contribution in [2.45, 2.75) is 26.7 Å². The van der Waals surface area contributed by atoms with E-state index in [2.05, 4.69) is 19.2 Å². The highest BCUT2D eigenvalue weighted by Gasteiger charge is 2.04. The number of rotatable bonds is 5. The summed E-state index contributed by atoms with van der Waals surface area (Å²) in [4.78, 5) is 12.1.